The summed E-state index contributed by atoms with van der Waals surface area (Å²) in [6.45, 7) is 0.412. The molecule has 138 valence electrons. The minimum absolute atomic E-state index is 0.00198. The summed E-state index contributed by atoms with van der Waals surface area (Å²) in [5.74, 6) is 1.51. The maximum Gasteiger partial charge on any atom is 0.170 e. The zero-order chi connectivity index (χ0) is 18.8. The van der Waals surface area contributed by atoms with E-state index in [4.69, 9.17) is 28.2 Å². The van der Waals surface area contributed by atoms with Gasteiger partial charge in [0.2, 0.25) is 0 Å². The third kappa shape index (κ3) is 3.56. The summed E-state index contributed by atoms with van der Waals surface area (Å²) in [4.78, 5) is 6.42. The first-order valence-electron chi connectivity index (χ1n) is 8.62. The Morgan fingerprint density at radius 3 is 2.67 bits per heavy atom. The maximum absolute atomic E-state index is 9.49. The number of benzene rings is 1. The molecule has 1 aliphatic heterocycles. The van der Waals surface area contributed by atoms with Crippen molar-refractivity contribution in [2.45, 2.75) is 12.1 Å². The smallest absolute Gasteiger partial charge is 0.170 e. The number of nitrogens with zero attached hydrogens (tertiary/aromatic N) is 2. The molecule has 0 aliphatic carbocycles. The second-order valence-electron chi connectivity index (χ2n) is 6.25. The van der Waals surface area contributed by atoms with Crippen LogP contribution in [0.5, 0.6) is 0 Å². The molecule has 3 aromatic rings. The molecule has 2 atom stereocenters. The van der Waals surface area contributed by atoms with E-state index in [1.165, 1.54) is 0 Å². The minimum Gasteiger partial charge on any atom is -0.459 e. The molecule has 7 heteroatoms. The highest BCUT2D eigenvalue weighted by Crippen LogP contribution is 2.40. The Morgan fingerprint density at radius 1 is 1.15 bits per heavy atom. The minimum atomic E-state index is -0.194. The molecular weight excluding hydrogens is 382 g/mol. The molecule has 0 spiro atoms. The van der Waals surface area contributed by atoms with Crippen LogP contribution in [0.15, 0.2) is 65.2 Å². The average molecular weight is 400 g/mol. The highest BCUT2D eigenvalue weighted by molar-refractivity contribution is 7.80. The molecule has 2 N–H and O–H groups in total. The van der Waals surface area contributed by atoms with Crippen LogP contribution in [0, 0.1) is 0 Å². The van der Waals surface area contributed by atoms with E-state index in [-0.39, 0.29) is 18.7 Å². The van der Waals surface area contributed by atoms with Crippen molar-refractivity contribution < 1.29 is 9.52 Å². The Morgan fingerprint density at radius 2 is 1.96 bits per heavy atom. The number of furan rings is 1. The summed E-state index contributed by atoms with van der Waals surface area (Å²) in [5.41, 5.74) is 1.82. The lowest BCUT2D eigenvalue weighted by molar-refractivity contribution is 0.209. The van der Waals surface area contributed by atoms with E-state index < -0.39 is 0 Å². The summed E-state index contributed by atoms with van der Waals surface area (Å²) in [5, 5.41) is 14.1. The average Bonchev–Trinajstić information content (AvgIpc) is 3.29. The van der Waals surface area contributed by atoms with Crippen LogP contribution in [0.2, 0.25) is 5.02 Å². The highest BCUT2D eigenvalue weighted by Gasteiger charge is 2.41. The molecule has 0 unspecified atom stereocenters. The van der Waals surface area contributed by atoms with Crippen molar-refractivity contribution in [3.8, 4) is 11.3 Å². The number of aliphatic hydroxyl groups excluding tert-OH is 1. The SMILES string of the molecule is OCCN1C(=S)N[C@H](c2ccccn2)[C@H]1c1ccc(-c2ccc(Cl)cc2)o1. The Bertz CT molecular complexity index is 930. The molecule has 3 heterocycles. The fourth-order valence-electron chi connectivity index (χ4n) is 3.34. The van der Waals surface area contributed by atoms with Gasteiger partial charge >= 0.3 is 0 Å². The number of β-amino-alcohol motifs (C(OH)–C–C–N with tert-alkyl or cyclic N) is 1. The Labute approximate surface area is 167 Å². The van der Waals surface area contributed by atoms with E-state index in [2.05, 4.69) is 10.3 Å². The van der Waals surface area contributed by atoms with Gasteiger partial charge in [0, 0.05) is 23.3 Å². The molecule has 0 bridgehead atoms. The molecule has 1 aliphatic rings. The molecule has 27 heavy (non-hydrogen) atoms. The third-order valence-corrected chi connectivity index (χ3v) is 5.19. The first-order chi connectivity index (χ1) is 13.2. The van der Waals surface area contributed by atoms with Gasteiger partial charge in [-0.25, -0.2) is 0 Å². The van der Waals surface area contributed by atoms with Crippen LogP contribution < -0.4 is 5.32 Å². The fourth-order valence-corrected chi connectivity index (χ4v) is 3.80. The second kappa shape index (κ2) is 7.68. The van der Waals surface area contributed by atoms with Gasteiger partial charge in [0.05, 0.1) is 18.3 Å². The summed E-state index contributed by atoms with van der Waals surface area (Å²) in [6, 6.07) is 16.8. The quantitative estimate of drug-likeness (QED) is 0.633. The van der Waals surface area contributed by atoms with Crippen LogP contribution in [-0.4, -0.2) is 33.3 Å². The van der Waals surface area contributed by atoms with Crippen LogP contribution in [0.3, 0.4) is 0 Å². The first-order valence-corrected chi connectivity index (χ1v) is 9.40. The molecule has 2 aromatic heterocycles. The van der Waals surface area contributed by atoms with Crippen molar-refractivity contribution in [1.82, 2.24) is 15.2 Å². The lowest BCUT2D eigenvalue weighted by Crippen LogP contribution is -2.32. The second-order valence-corrected chi connectivity index (χ2v) is 7.08. The zero-order valence-corrected chi connectivity index (χ0v) is 16.0. The Balaban J connectivity index is 1.71. The highest BCUT2D eigenvalue weighted by atomic mass is 35.5. The maximum atomic E-state index is 9.49. The van der Waals surface area contributed by atoms with Crippen LogP contribution in [-0.2, 0) is 0 Å². The topological polar surface area (TPSA) is 61.5 Å². The molecule has 1 fully saturated rings. The number of nitrogens with one attached hydrogen (secondary N) is 1. The number of aromatic nitrogens is 1. The van der Waals surface area contributed by atoms with Crippen LogP contribution >= 0.6 is 23.8 Å². The van der Waals surface area contributed by atoms with Crippen molar-refractivity contribution in [2.75, 3.05) is 13.2 Å². The number of rotatable bonds is 5. The first kappa shape index (κ1) is 18.0. The van der Waals surface area contributed by atoms with E-state index in [9.17, 15) is 5.11 Å². The summed E-state index contributed by atoms with van der Waals surface area (Å²) < 4.78 is 6.18. The predicted octanol–water partition coefficient (Wildman–Crippen LogP) is 3.96. The van der Waals surface area contributed by atoms with Crippen molar-refractivity contribution >= 4 is 28.9 Å². The van der Waals surface area contributed by atoms with E-state index in [0.717, 1.165) is 22.8 Å². The molecule has 0 radical (unpaired) electrons. The summed E-state index contributed by atoms with van der Waals surface area (Å²) >= 11 is 11.5. The van der Waals surface area contributed by atoms with E-state index in [1.54, 1.807) is 6.20 Å². The van der Waals surface area contributed by atoms with Gasteiger partial charge in [-0.05, 0) is 60.7 Å². The molecule has 1 aromatic carbocycles. The number of hydrogen-bond donors (Lipinski definition) is 2. The van der Waals surface area contributed by atoms with Crippen molar-refractivity contribution in [3.63, 3.8) is 0 Å². The molecule has 1 saturated heterocycles. The van der Waals surface area contributed by atoms with Gasteiger partial charge in [-0.1, -0.05) is 17.7 Å². The summed E-state index contributed by atoms with van der Waals surface area (Å²) in [6.07, 6.45) is 1.76. The van der Waals surface area contributed by atoms with Gasteiger partial charge in [0.25, 0.3) is 0 Å². The van der Waals surface area contributed by atoms with E-state index >= 15 is 0 Å². The number of halogens is 1. The van der Waals surface area contributed by atoms with E-state index in [1.807, 2.05) is 59.5 Å². The Kier molecular flexibility index (Phi) is 5.11. The monoisotopic (exact) mass is 399 g/mol. The van der Waals surface area contributed by atoms with Crippen molar-refractivity contribution in [2.24, 2.45) is 0 Å². The lowest BCUT2D eigenvalue weighted by Gasteiger charge is -2.25. The van der Waals surface area contributed by atoms with Crippen molar-refractivity contribution in [1.29, 1.82) is 0 Å². The van der Waals surface area contributed by atoms with Crippen molar-refractivity contribution in [3.05, 3.63) is 77.3 Å². The summed E-state index contributed by atoms with van der Waals surface area (Å²) in [7, 11) is 0. The fraction of sp³-hybridized carbons (Fsp3) is 0.200. The lowest BCUT2D eigenvalue weighted by atomic mass is 10.0. The molecule has 0 amide bonds. The van der Waals surface area contributed by atoms with E-state index in [0.29, 0.717) is 16.7 Å². The zero-order valence-electron chi connectivity index (χ0n) is 14.4. The predicted molar refractivity (Wildman–Crippen MR) is 108 cm³/mol. The largest absolute Gasteiger partial charge is 0.459 e. The number of aliphatic hydroxyl groups is 1. The van der Waals surface area contributed by atoms with Gasteiger partial charge in [0.15, 0.2) is 5.11 Å². The van der Waals surface area contributed by atoms with Crippen LogP contribution in [0.4, 0.5) is 0 Å². The normalized spacial score (nSPS) is 19.3. The standard InChI is InChI=1S/C20H18ClN3O2S/c21-14-6-4-13(5-7-14)16-8-9-17(26-16)19-18(15-3-1-2-10-22-15)23-20(27)24(19)11-12-25/h1-10,18-19,25H,11-12H2,(H,23,27)/t18-,19-/m1/s1. The number of hydrogen-bond acceptors (Lipinski definition) is 4. The molecule has 5 nitrogen and oxygen atoms in total. The number of thiocarbonyl (C=S) groups is 1. The van der Waals surface area contributed by atoms with Crippen LogP contribution in [0.25, 0.3) is 11.3 Å². The van der Waals surface area contributed by atoms with Crippen LogP contribution in [0.1, 0.15) is 23.5 Å². The van der Waals surface area contributed by atoms with Gasteiger partial charge in [-0.2, -0.15) is 0 Å². The number of pyridine rings is 1. The van der Waals surface area contributed by atoms with Gasteiger partial charge < -0.3 is 19.7 Å². The third-order valence-electron chi connectivity index (χ3n) is 4.59. The Hall–Kier alpha value is -2.41. The van der Waals surface area contributed by atoms with Gasteiger partial charge in [0.1, 0.15) is 17.6 Å². The molecule has 0 saturated carbocycles. The van der Waals surface area contributed by atoms with Gasteiger partial charge in [-0.15, -0.1) is 0 Å². The molecular formula is C20H18ClN3O2S. The molecule has 4 rings (SSSR count). The van der Waals surface area contributed by atoms with Gasteiger partial charge in [-0.3, -0.25) is 4.98 Å².